The van der Waals surface area contributed by atoms with Crippen molar-refractivity contribution in [3.63, 3.8) is 0 Å². The maximum atomic E-state index is 12.3. The zero-order valence-corrected chi connectivity index (χ0v) is 13.6. The van der Waals surface area contributed by atoms with Gasteiger partial charge < -0.3 is 14.5 Å². The molecule has 0 atom stereocenters. The summed E-state index contributed by atoms with van der Waals surface area (Å²) in [5.41, 5.74) is 2.72. The first kappa shape index (κ1) is 15.0. The fraction of sp³-hybridized carbons (Fsp3) is 0.353. The van der Waals surface area contributed by atoms with Crippen molar-refractivity contribution in [3.05, 3.63) is 41.2 Å². The third-order valence-corrected chi connectivity index (χ3v) is 4.53. The van der Waals surface area contributed by atoms with E-state index >= 15 is 0 Å². The second-order valence-corrected chi connectivity index (χ2v) is 6.41. The Hall–Kier alpha value is -1.88. The molecule has 22 heavy (non-hydrogen) atoms. The second-order valence-electron chi connectivity index (χ2n) is 5.36. The van der Waals surface area contributed by atoms with Gasteiger partial charge >= 0.3 is 0 Å². The summed E-state index contributed by atoms with van der Waals surface area (Å²) in [7, 11) is 0. The van der Waals surface area contributed by atoms with Crippen LogP contribution in [-0.2, 0) is 0 Å². The first-order chi connectivity index (χ1) is 10.6. The molecule has 116 valence electrons. The average molecular weight is 317 g/mol. The van der Waals surface area contributed by atoms with Gasteiger partial charge in [0.2, 0.25) is 0 Å². The van der Waals surface area contributed by atoms with Crippen LogP contribution in [0.4, 0.5) is 0 Å². The lowest BCUT2D eigenvalue weighted by Crippen LogP contribution is -2.02. The Morgan fingerprint density at radius 2 is 1.95 bits per heavy atom. The molecule has 0 fully saturated rings. The molecule has 0 unspecified atom stereocenters. The largest absolute Gasteiger partial charge is 0.490 e. The summed E-state index contributed by atoms with van der Waals surface area (Å²) < 4.78 is 11.3. The number of aromatic nitrogens is 1. The highest BCUT2D eigenvalue weighted by atomic mass is 32.2. The molecule has 0 bridgehead atoms. The first-order valence-electron chi connectivity index (χ1n) is 7.35. The van der Waals surface area contributed by atoms with Gasteiger partial charge in [-0.1, -0.05) is 0 Å². The molecule has 2 aromatic rings. The predicted molar refractivity (Wildman–Crippen MR) is 87.4 cm³/mol. The van der Waals surface area contributed by atoms with Crippen LogP contribution in [-0.4, -0.2) is 29.7 Å². The molecule has 4 nitrogen and oxygen atoms in total. The van der Waals surface area contributed by atoms with Gasteiger partial charge in [0.15, 0.2) is 17.3 Å². The fourth-order valence-corrected chi connectivity index (χ4v) is 3.28. The Morgan fingerprint density at radius 1 is 1.18 bits per heavy atom. The van der Waals surface area contributed by atoms with Crippen LogP contribution >= 0.6 is 11.8 Å². The first-order valence-corrected chi connectivity index (χ1v) is 8.34. The van der Waals surface area contributed by atoms with E-state index in [1.807, 2.05) is 38.1 Å². The molecule has 0 spiro atoms. The van der Waals surface area contributed by atoms with Gasteiger partial charge in [0.1, 0.15) is 0 Å². The summed E-state index contributed by atoms with van der Waals surface area (Å²) in [6, 6.07) is 7.75. The maximum absolute atomic E-state index is 12.3. The second kappa shape index (κ2) is 6.48. The standard InChI is InChI=1S/C17H19NO3S/c1-11-8-14(12(2)18-11)15(19)10-22-13-4-5-16-17(9-13)21-7-3-6-20-16/h4-5,8-9,18H,3,6-7,10H2,1-2H3. The zero-order chi connectivity index (χ0) is 15.5. The number of Topliss-reactive ketones (excluding diaryl/α,β-unsaturated/α-hetero) is 1. The predicted octanol–water partition coefficient (Wildman–Crippen LogP) is 3.77. The number of hydrogen-bond donors (Lipinski definition) is 1. The molecule has 1 aromatic heterocycles. The highest BCUT2D eigenvalue weighted by Gasteiger charge is 2.14. The summed E-state index contributed by atoms with van der Waals surface area (Å²) in [5, 5.41) is 0. The Balaban J connectivity index is 1.67. The molecule has 1 aliphatic rings. The number of aryl methyl sites for hydroxylation is 2. The quantitative estimate of drug-likeness (QED) is 0.689. The van der Waals surface area contributed by atoms with Crippen LogP contribution in [0.1, 0.15) is 28.2 Å². The molecule has 0 saturated heterocycles. The third kappa shape index (κ3) is 3.30. The normalized spacial score (nSPS) is 13.7. The van der Waals surface area contributed by atoms with Crippen LogP contribution in [0, 0.1) is 13.8 Å². The number of fused-ring (bicyclic) bond motifs is 1. The van der Waals surface area contributed by atoms with E-state index in [0.29, 0.717) is 19.0 Å². The summed E-state index contributed by atoms with van der Waals surface area (Å²) >= 11 is 1.52. The molecule has 0 amide bonds. The minimum atomic E-state index is 0.138. The number of ketones is 1. The highest BCUT2D eigenvalue weighted by molar-refractivity contribution is 8.00. The number of carbonyl (C=O) groups is 1. The van der Waals surface area contributed by atoms with Gasteiger partial charge in [-0.2, -0.15) is 0 Å². The van der Waals surface area contributed by atoms with E-state index < -0.39 is 0 Å². The minimum Gasteiger partial charge on any atom is -0.490 e. The SMILES string of the molecule is Cc1cc(C(=O)CSc2ccc3c(c2)OCCCO3)c(C)[nH]1. The average Bonchev–Trinajstić information content (AvgIpc) is 2.72. The van der Waals surface area contributed by atoms with E-state index in [1.54, 1.807) is 0 Å². The molecule has 1 N–H and O–H groups in total. The summed E-state index contributed by atoms with van der Waals surface area (Å²) in [6.07, 6.45) is 0.891. The van der Waals surface area contributed by atoms with Crippen LogP contribution in [0.25, 0.3) is 0 Å². The topological polar surface area (TPSA) is 51.3 Å². The number of ether oxygens (including phenoxy) is 2. The smallest absolute Gasteiger partial charge is 0.174 e. The molecule has 0 radical (unpaired) electrons. The van der Waals surface area contributed by atoms with E-state index in [1.165, 1.54) is 11.8 Å². The molecule has 2 heterocycles. The number of hydrogen-bond acceptors (Lipinski definition) is 4. The Labute approximate surface area is 134 Å². The van der Waals surface area contributed by atoms with E-state index in [-0.39, 0.29) is 5.78 Å². The van der Waals surface area contributed by atoms with Gasteiger partial charge in [0, 0.05) is 28.3 Å². The lowest BCUT2D eigenvalue weighted by Gasteiger charge is -2.09. The molecule has 0 saturated carbocycles. The van der Waals surface area contributed by atoms with Crippen molar-refractivity contribution in [1.29, 1.82) is 0 Å². The number of H-pyrrole nitrogens is 1. The zero-order valence-electron chi connectivity index (χ0n) is 12.8. The number of benzene rings is 1. The van der Waals surface area contributed by atoms with Crippen LogP contribution in [0.3, 0.4) is 0 Å². The fourth-order valence-electron chi connectivity index (χ4n) is 2.47. The van der Waals surface area contributed by atoms with Gasteiger partial charge in [0.05, 0.1) is 19.0 Å². The van der Waals surface area contributed by atoms with Gasteiger partial charge in [-0.15, -0.1) is 11.8 Å². The van der Waals surface area contributed by atoms with Gasteiger partial charge in [-0.3, -0.25) is 4.79 Å². The summed E-state index contributed by atoms with van der Waals surface area (Å²) in [4.78, 5) is 16.5. The van der Waals surface area contributed by atoms with Gasteiger partial charge in [0.25, 0.3) is 0 Å². The van der Waals surface area contributed by atoms with Crippen LogP contribution in [0.5, 0.6) is 11.5 Å². The van der Waals surface area contributed by atoms with Crippen molar-refractivity contribution < 1.29 is 14.3 Å². The van der Waals surface area contributed by atoms with Crippen molar-refractivity contribution in [1.82, 2.24) is 4.98 Å². The van der Waals surface area contributed by atoms with Crippen molar-refractivity contribution in [2.75, 3.05) is 19.0 Å². The Morgan fingerprint density at radius 3 is 2.68 bits per heavy atom. The van der Waals surface area contributed by atoms with E-state index in [2.05, 4.69) is 4.98 Å². The van der Waals surface area contributed by atoms with Crippen LogP contribution < -0.4 is 9.47 Å². The lowest BCUT2D eigenvalue weighted by atomic mass is 10.2. The Kier molecular flexibility index (Phi) is 4.43. The minimum absolute atomic E-state index is 0.138. The number of thioether (sulfide) groups is 1. The molecule has 1 aromatic carbocycles. The monoisotopic (exact) mass is 317 g/mol. The van der Waals surface area contributed by atoms with Crippen LogP contribution in [0.15, 0.2) is 29.2 Å². The van der Waals surface area contributed by atoms with Gasteiger partial charge in [-0.25, -0.2) is 0 Å². The Bertz CT molecular complexity index is 693. The maximum Gasteiger partial charge on any atom is 0.174 e. The summed E-state index contributed by atoms with van der Waals surface area (Å²) in [5.74, 6) is 2.10. The molecule has 3 rings (SSSR count). The summed E-state index contributed by atoms with van der Waals surface area (Å²) in [6.45, 7) is 5.24. The number of aromatic amines is 1. The van der Waals surface area contributed by atoms with E-state index in [0.717, 1.165) is 39.8 Å². The van der Waals surface area contributed by atoms with Crippen molar-refractivity contribution in [2.45, 2.75) is 25.2 Å². The molecular formula is C17H19NO3S. The number of rotatable bonds is 4. The van der Waals surface area contributed by atoms with Crippen molar-refractivity contribution in [2.24, 2.45) is 0 Å². The molecule has 1 aliphatic heterocycles. The molecular weight excluding hydrogens is 298 g/mol. The lowest BCUT2D eigenvalue weighted by molar-refractivity contribution is 0.102. The van der Waals surface area contributed by atoms with E-state index in [9.17, 15) is 4.79 Å². The van der Waals surface area contributed by atoms with Crippen molar-refractivity contribution >= 4 is 17.5 Å². The van der Waals surface area contributed by atoms with Crippen LogP contribution in [0.2, 0.25) is 0 Å². The van der Waals surface area contributed by atoms with E-state index in [4.69, 9.17) is 9.47 Å². The van der Waals surface area contributed by atoms with Gasteiger partial charge in [-0.05, 0) is 38.1 Å². The number of nitrogens with one attached hydrogen (secondary N) is 1. The number of carbonyl (C=O) groups excluding carboxylic acids is 1. The highest BCUT2D eigenvalue weighted by Crippen LogP contribution is 2.34. The molecule has 0 aliphatic carbocycles. The van der Waals surface area contributed by atoms with Crippen molar-refractivity contribution in [3.8, 4) is 11.5 Å². The third-order valence-electron chi connectivity index (χ3n) is 3.54. The molecule has 5 heteroatoms.